The Kier molecular flexibility index (Phi) is 2.87. The molecule has 2 aliphatic heterocycles. The number of carbonyl (C=O) groups is 1. The lowest BCUT2D eigenvalue weighted by molar-refractivity contribution is -0.130. The molecule has 2 N–H and O–H groups in total. The third kappa shape index (κ3) is 2.15. The number of nitrogens with two attached hydrogens (primary N) is 1. The summed E-state index contributed by atoms with van der Waals surface area (Å²) >= 11 is 0. The van der Waals surface area contributed by atoms with Gasteiger partial charge in [-0.1, -0.05) is 0 Å². The number of fused-ring (bicyclic) bond motifs is 1. The standard InChI is InChI=1S/C12H17N5O/c13-11-6-14-9(5-15-11)7-16-3-4-17-10(8-16)1-2-12(17)18/h5-6,10H,1-4,7-8H2,(H2,13,15). The zero-order chi connectivity index (χ0) is 12.5. The lowest BCUT2D eigenvalue weighted by Crippen LogP contribution is -2.51. The van der Waals surface area contributed by atoms with Crippen LogP contribution in [-0.2, 0) is 11.3 Å². The number of amides is 1. The smallest absolute Gasteiger partial charge is 0.222 e. The second kappa shape index (κ2) is 4.53. The lowest BCUT2D eigenvalue weighted by Gasteiger charge is -2.37. The van der Waals surface area contributed by atoms with Gasteiger partial charge in [-0.15, -0.1) is 0 Å². The molecule has 0 saturated carbocycles. The number of anilines is 1. The van der Waals surface area contributed by atoms with Gasteiger partial charge in [0.15, 0.2) is 0 Å². The van der Waals surface area contributed by atoms with Gasteiger partial charge in [-0.05, 0) is 6.42 Å². The van der Waals surface area contributed by atoms with Crippen LogP contribution in [0.3, 0.4) is 0 Å². The van der Waals surface area contributed by atoms with Crippen molar-refractivity contribution in [3.05, 3.63) is 18.1 Å². The second-order valence-corrected chi connectivity index (χ2v) is 4.95. The normalized spacial score (nSPS) is 24.3. The maximum absolute atomic E-state index is 11.6. The number of nitrogens with zero attached hydrogens (tertiary/aromatic N) is 4. The van der Waals surface area contributed by atoms with Gasteiger partial charge in [-0.3, -0.25) is 14.7 Å². The number of hydrogen-bond acceptors (Lipinski definition) is 5. The summed E-state index contributed by atoms with van der Waals surface area (Å²) in [5.41, 5.74) is 6.45. The van der Waals surface area contributed by atoms with Gasteiger partial charge >= 0.3 is 0 Å². The molecule has 0 aliphatic carbocycles. The van der Waals surface area contributed by atoms with Crippen LogP contribution in [-0.4, -0.2) is 51.4 Å². The van der Waals surface area contributed by atoms with Crippen LogP contribution in [0.2, 0.25) is 0 Å². The van der Waals surface area contributed by atoms with Crippen LogP contribution in [0.1, 0.15) is 18.5 Å². The van der Waals surface area contributed by atoms with E-state index in [0.29, 0.717) is 24.2 Å². The summed E-state index contributed by atoms with van der Waals surface area (Å²) < 4.78 is 0. The van der Waals surface area contributed by atoms with Crippen LogP contribution >= 0.6 is 0 Å². The van der Waals surface area contributed by atoms with E-state index in [9.17, 15) is 4.79 Å². The monoisotopic (exact) mass is 247 g/mol. The molecule has 0 spiro atoms. The van der Waals surface area contributed by atoms with Crippen LogP contribution in [0.5, 0.6) is 0 Å². The van der Waals surface area contributed by atoms with E-state index in [1.165, 1.54) is 0 Å². The SMILES string of the molecule is Nc1cnc(CN2CCN3C(=O)CCC3C2)cn1. The van der Waals surface area contributed by atoms with Crippen LogP contribution in [0, 0.1) is 0 Å². The molecule has 0 radical (unpaired) electrons. The summed E-state index contributed by atoms with van der Waals surface area (Å²) in [5.74, 6) is 0.761. The van der Waals surface area contributed by atoms with E-state index in [-0.39, 0.29) is 0 Å². The van der Waals surface area contributed by atoms with Crippen molar-refractivity contribution in [3.8, 4) is 0 Å². The Morgan fingerprint density at radius 2 is 2.22 bits per heavy atom. The number of aromatic nitrogens is 2. The molecule has 6 heteroatoms. The van der Waals surface area contributed by atoms with E-state index in [4.69, 9.17) is 5.73 Å². The fraction of sp³-hybridized carbons (Fsp3) is 0.583. The summed E-state index contributed by atoms with van der Waals surface area (Å²) in [6.07, 6.45) is 5.01. The van der Waals surface area contributed by atoms with Gasteiger partial charge in [0.05, 0.1) is 18.1 Å². The molecule has 3 rings (SSSR count). The van der Waals surface area contributed by atoms with Crippen LogP contribution in [0.4, 0.5) is 5.82 Å². The Bertz CT molecular complexity index is 446. The molecule has 0 aromatic carbocycles. The molecule has 96 valence electrons. The fourth-order valence-electron chi connectivity index (χ4n) is 2.75. The first kappa shape index (κ1) is 11.4. The third-order valence-electron chi connectivity index (χ3n) is 3.69. The minimum Gasteiger partial charge on any atom is -0.382 e. The molecule has 1 aromatic rings. The number of rotatable bonds is 2. The molecule has 6 nitrogen and oxygen atoms in total. The van der Waals surface area contributed by atoms with Crippen molar-refractivity contribution in [2.45, 2.75) is 25.4 Å². The average Bonchev–Trinajstić information content (AvgIpc) is 2.74. The van der Waals surface area contributed by atoms with Crippen molar-refractivity contribution < 1.29 is 4.79 Å². The lowest BCUT2D eigenvalue weighted by atomic mass is 10.1. The Balaban J connectivity index is 1.62. The van der Waals surface area contributed by atoms with E-state index in [1.54, 1.807) is 12.4 Å². The Morgan fingerprint density at radius 1 is 1.33 bits per heavy atom. The highest BCUT2D eigenvalue weighted by Gasteiger charge is 2.35. The molecular formula is C12H17N5O. The van der Waals surface area contributed by atoms with Crippen LogP contribution in [0.15, 0.2) is 12.4 Å². The predicted molar refractivity (Wildman–Crippen MR) is 66.5 cm³/mol. The molecule has 1 aromatic heterocycles. The summed E-state index contributed by atoms with van der Waals surface area (Å²) in [6, 6.07) is 0.396. The zero-order valence-electron chi connectivity index (χ0n) is 10.2. The van der Waals surface area contributed by atoms with Gasteiger partial charge in [0, 0.05) is 38.6 Å². The molecular weight excluding hydrogens is 230 g/mol. The second-order valence-electron chi connectivity index (χ2n) is 4.95. The van der Waals surface area contributed by atoms with Crippen molar-refractivity contribution in [2.75, 3.05) is 25.4 Å². The number of carbonyl (C=O) groups excluding carboxylic acids is 1. The highest BCUT2D eigenvalue weighted by Crippen LogP contribution is 2.23. The zero-order valence-corrected chi connectivity index (χ0v) is 10.2. The minimum atomic E-state index is 0.312. The maximum Gasteiger partial charge on any atom is 0.222 e. The van der Waals surface area contributed by atoms with E-state index in [0.717, 1.165) is 38.3 Å². The van der Waals surface area contributed by atoms with Crippen molar-refractivity contribution in [1.29, 1.82) is 0 Å². The quantitative estimate of drug-likeness (QED) is 0.787. The van der Waals surface area contributed by atoms with Crippen molar-refractivity contribution in [1.82, 2.24) is 19.8 Å². The van der Waals surface area contributed by atoms with Gasteiger partial charge in [0.25, 0.3) is 0 Å². The van der Waals surface area contributed by atoms with Crippen LogP contribution < -0.4 is 5.73 Å². The van der Waals surface area contributed by atoms with Gasteiger partial charge in [-0.25, -0.2) is 4.98 Å². The highest BCUT2D eigenvalue weighted by atomic mass is 16.2. The Hall–Kier alpha value is -1.69. The van der Waals surface area contributed by atoms with E-state index in [2.05, 4.69) is 14.9 Å². The first-order valence-corrected chi connectivity index (χ1v) is 6.30. The molecule has 1 atom stereocenters. The molecule has 1 unspecified atom stereocenters. The Labute approximate surface area is 106 Å². The number of hydrogen-bond donors (Lipinski definition) is 1. The average molecular weight is 247 g/mol. The molecule has 2 saturated heterocycles. The van der Waals surface area contributed by atoms with Crippen LogP contribution in [0.25, 0.3) is 0 Å². The van der Waals surface area contributed by atoms with E-state index < -0.39 is 0 Å². The van der Waals surface area contributed by atoms with E-state index in [1.807, 2.05) is 4.90 Å². The largest absolute Gasteiger partial charge is 0.382 e. The van der Waals surface area contributed by atoms with Crippen molar-refractivity contribution in [3.63, 3.8) is 0 Å². The van der Waals surface area contributed by atoms with Gasteiger partial charge in [0.1, 0.15) is 5.82 Å². The van der Waals surface area contributed by atoms with Gasteiger partial charge < -0.3 is 10.6 Å². The highest BCUT2D eigenvalue weighted by molar-refractivity contribution is 5.78. The summed E-state index contributed by atoms with van der Waals surface area (Å²) in [4.78, 5) is 24.2. The summed E-state index contributed by atoms with van der Waals surface area (Å²) in [5, 5.41) is 0. The molecule has 2 fully saturated rings. The first-order valence-electron chi connectivity index (χ1n) is 6.30. The molecule has 1 amide bonds. The summed E-state index contributed by atoms with van der Waals surface area (Å²) in [7, 11) is 0. The number of piperazine rings is 1. The fourth-order valence-corrected chi connectivity index (χ4v) is 2.75. The van der Waals surface area contributed by atoms with E-state index >= 15 is 0 Å². The summed E-state index contributed by atoms with van der Waals surface area (Å²) in [6.45, 7) is 3.48. The molecule has 0 bridgehead atoms. The van der Waals surface area contributed by atoms with Crippen molar-refractivity contribution >= 4 is 11.7 Å². The van der Waals surface area contributed by atoms with Gasteiger partial charge in [0.2, 0.25) is 5.91 Å². The number of nitrogen functional groups attached to an aromatic ring is 1. The Morgan fingerprint density at radius 3 is 3.00 bits per heavy atom. The molecule has 2 aliphatic rings. The van der Waals surface area contributed by atoms with Crippen molar-refractivity contribution in [2.24, 2.45) is 0 Å². The van der Waals surface area contributed by atoms with Gasteiger partial charge in [-0.2, -0.15) is 0 Å². The third-order valence-corrected chi connectivity index (χ3v) is 3.69. The molecule has 3 heterocycles. The predicted octanol–water partition coefficient (Wildman–Crippen LogP) is -0.135. The maximum atomic E-state index is 11.6. The first-order chi connectivity index (χ1) is 8.72. The topological polar surface area (TPSA) is 75.3 Å². The minimum absolute atomic E-state index is 0.312. The molecule has 18 heavy (non-hydrogen) atoms.